The molecule has 0 spiro atoms. The molecule has 2 aromatic rings. The summed E-state index contributed by atoms with van der Waals surface area (Å²) in [6.45, 7) is 6.93. The highest BCUT2D eigenvalue weighted by molar-refractivity contribution is 5.62. The van der Waals surface area contributed by atoms with Crippen LogP contribution in [-0.4, -0.2) is 35.6 Å². The van der Waals surface area contributed by atoms with Crippen LogP contribution in [0.3, 0.4) is 0 Å². The van der Waals surface area contributed by atoms with Gasteiger partial charge in [0.25, 0.3) is 5.97 Å². The van der Waals surface area contributed by atoms with Crippen molar-refractivity contribution < 1.29 is 9.90 Å². The van der Waals surface area contributed by atoms with Gasteiger partial charge in [0.15, 0.2) is 0 Å². The van der Waals surface area contributed by atoms with Crippen molar-refractivity contribution in [2.24, 2.45) is 0 Å². The van der Waals surface area contributed by atoms with Gasteiger partial charge in [-0.25, -0.2) is 0 Å². The summed E-state index contributed by atoms with van der Waals surface area (Å²) in [7, 11) is 0. The topological polar surface area (TPSA) is 40.5 Å². The molecule has 136 valence electrons. The Hall–Kier alpha value is -2.13. The maximum atomic E-state index is 9.00. The third-order valence-electron chi connectivity index (χ3n) is 4.01. The predicted molar refractivity (Wildman–Crippen MR) is 105 cm³/mol. The molecule has 0 unspecified atom stereocenters. The van der Waals surface area contributed by atoms with Crippen molar-refractivity contribution in [3.05, 3.63) is 71.8 Å². The highest BCUT2D eigenvalue weighted by atomic mass is 16.4. The van der Waals surface area contributed by atoms with Gasteiger partial charge in [-0.15, -0.1) is 0 Å². The van der Waals surface area contributed by atoms with E-state index in [1.54, 1.807) is 0 Å². The van der Waals surface area contributed by atoms with Crippen LogP contribution < -0.4 is 0 Å². The molecule has 0 atom stereocenters. The number of hydrogen-bond donors (Lipinski definition) is 1. The molecule has 25 heavy (non-hydrogen) atoms. The van der Waals surface area contributed by atoms with E-state index in [0.29, 0.717) is 0 Å². The van der Waals surface area contributed by atoms with E-state index in [2.05, 4.69) is 72.5 Å². The largest absolute Gasteiger partial charge is 0.481 e. The van der Waals surface area contributed by atoms with Crippen molar-refractivity contribution in [2.45, 2.75) is 39.5 Å². The predicted octanol–water partition coefficient (Wildman–Crippen LogP) is 4.66. The number of aryl methyl sites for hydroxylation is 2. The van der Waals surface area contributed by atoms with Crippen LogP contribution in [0, 0.1) is 0 Å². The summed E-state index contributed by atoms with van der Waals surface area (Å²) in [6.07, 6.45) is 4.89. The molecule has 0 bridgehead atoms. The van der Waals surface area contributed by atoms with Crippen LogP contribution in [-0.2, 0) is 17.6 Å². The molecule has 0 fully saturated rings. The van der Waals surface area contributed by atoms with Gasteiger partial charge in [-0.3, -0.25) is 4.79 Å². The molecule has 1 N–H and O–H groups in total. The van der Waals surface area contributed by atoms with E-state index >= 15 is 0 Å². The van der Waals surface area contributed by atoms with Crippen LogP contribution in [0.2, 0.25) is 0 Å². The normalized spacial score (nSPS) is 10.2. The minimum atomic E-state index is -0.833. The lowest BCUT2D eigenvalue weighted by molar-refractivity contribution is -0.134. The fourth-order valence-corrected chi connectivity index (χ4v) is 2.73. The van der Waals surface area contributed by atoms with Crippen molar-refractivity contribution in [3.63, 3.8) is 0 Å². The SMILES string of the molecule is CC(=O)O.CCN(CCCc1ccccc1)CCCc1ccccc1. The molecule has 0 amide bonds. The van der Waals surface area contributed by atoms with Crippen molar-refractivity contribution in [3.8, 4) is 0 Å². The first kappa shape index (κ1) is 20.9. The van der Waals surface area contributed by atoms with E-state index in [9.17, 15) is 0 Å². The summed E-state index contributed by atoms with van der Waals surface area (Å²) >= 11 is 0. The third-order valence-corrected chi connectivity index (χ3v) is 4.01. The Kier molecular flexibility index (Phi) is 11.0. The average molecular weight is 341 g/mol. The molecule has 3 heteroatoms. The Bertz CT molecular complexity index is 520. The summed E-state index contributed by atoms with van der Waals surface area (Å²) in [5.41, 5.74) is 2.91. The van der Waals surface area contributed by atoms with Gasteiger partial charge >= 0.3 is 0 Å². The van der Waals surface area contributed by atoms with Crippen LogP contribution in [0.4, 0.5) is 0 Å². The van der Waals surface area contributed by atoms with E-state index in [1.165, 1.54) is 49.9 Å². The number of hydrogen-bond acceptors (Lipinski definition) is 2. The van der Waals surface area contributed by atoms with Gasteiger partial charge in [-0.05, 0) is 56.4 Å². The van der Waals surface area contributed by atoms with Gasteiger partial charge < -0.3 is 10.0 Å². The van der Waals surface area contributed by atoms with Crippen molar-refractivity contribution >= 4 is 5.97 Å². The molecule has 0 saturated heterocycles. The Morgan fingerprint density at radius 3 is 1.52 bits per heavy atom. The first-order chi connectivity index (χ1) is 12.1. The van der Waals surface area contributed by atoms with Crippen LogP contribution in [0.5, 0.6) is 0 Å². The van der Waals surface area contributed by atoms with Gasteiger partial charge in [-0.1, -0.05) is 67.6 Å². The Morgan fingerprint density at radius 2 is 1.20 bits per heavy atom. The molecule has 0 aliphatic heterocycles. The number of carbonyl (C=O) groups is 1. The highest BCUT2D eigenvalue weighted by Gasteiger charge is 2.02. The smallest absolute Gasteiger partial charge is 0.300 e. The van der Waals surface area contributed by atoms with Crippen LogP contribution in [0.1, 0.15) is 37.8 Å². The van der Waals surface area contributed by atoms with Crippen LogP contribution >= 0.6 is 0 Å². The molecule has 0 heterocycles. The fraction of sp³-hybridized carbons (Fsp3) is 0.409. The van der Waals surface area contributed by atoms with E-state index < -0.39 is 5.97 Å². The van der Waals surface area contributed by atoms with Gasteiger partial charge in [-0.2, -0.15) is 0 Å². The molecule has 0 saturated carbocycles. The number of carboxylic acid groups (broad SMARTS) is 1. The van der Waals surface area contributed by atoms with Crippen molar-refractivity contribution in [1.82, 2.24) is 4.90 Å². The zero-order valence-electron chi connectivity index (χ0n) is 15.5. The summed E-state index contributed by atoms with van der Waals surface area (Å²) in [6, 6.07) is 21.6. The minimum Gasteiger partial charge on any atom is -0.481 e. The molecule has 0 aromatic heterocycles. The maximum Gasteiger partial charge on any atom is 0.300 e. The Morgan fingerprint density at radius 1 is 0.840 bits per heavy atom. The molecule has 2 aromatic carbocycles. The lowest BCUT2D eigenvalue weighted by Crippen LogP contribution is -2.26. The van der Waals surface area contributed by atoms with E-state index in [0.717, 1.165) is 13.5 Å². The van der Waals surface area contributed by atoms with Crippen molar-refractivity contribution in [2.75, 3.05) is 19.6 Å². The number of carboxylic acids is 1. The second-order valence-electron chi connectivity index (χ2n) is 6.13. The van der Waals surface area contributed by atoms with Gasteiger partial charge in [0.05, 0.1) is 0 Å². The number of benzene rings is 2. The van der Waals surface area contributed by atoms with Crippen molar-refractivity contribution in [1.29, 1.82) is 0 Å². The second kappa shape index (κ2) is 13.2. The first-order valence-electron chi connectivity index (χ1n) is 9.11. The summed E-state index contributed by atoms with van der Waals surface area (Å²) in [5, 5.41) is 7.42. The van der Waals surface area contributed by atoms with E-state index in [4.69, 9.17) is 9.90 Å². The van der Waals surface area contributed by atoms with Crippen LogP contribution in [0.25, 0.3) is 0 Å². The number of rotatable bonds is 9. The van der Waals surface area contributed by atoms with E-state index in [-0.39, 0.29) is 0 Å². The second-order valence-corrected chi connectivity index (χ2v) is 6.13. The first-order valence-corrected chi connectivity index (χ1v) is 9.11. The zero-order chi connectivity index (χ0) is 18.3. The summed E-state index contributed by atoms with van der Waals surface area (Å²) < 4.78 is 0. The molecule has 2 rings (SSSR count). The highest BCUT2D eigenvalue weighted by Crippen LogP contribution is 2.06. The molecular formula is C22H31NO2. The van der Waals surface area contributed by atoms with Gasteiger partial charge in [0.1, 0.15) is 0 Å². The average Bonchev–Trinajstić information content (AvgIpc) is 2.62. The third kappa shape index (κ3) is 11.1. The molecule has 0 radical (unpaired) electrons. The quantitative estimate of drug-likeness (QED) is 0.721. The fourth-order valence-electron chi connectivity index (χ4n) is 2.73. The van der Waals surface area contributed by atoms with E-state index in [1.807, 2.05) is 0 Å². The zero-order valence-corrected chi connectivity index (χ0v) is 15.5. The van der Waals surface area contributed by atoms with Gasteiger partial charge in [0.2, 0.25) is 0 Å². The number of nitrogens with zero attached hydrogens (tertiary/aromatic N) is 1. The lowest BCUT2D eigenvalue weighted by Gasteiger charge is -2.20. The standard InChI is InChI=1S/C20H27N.C2H4O2/c1-2-21(17-9-15-19-11-5-3-6-12-19)18-10-16-20-13-7-4-8-14-20;1-2(3)4/h3-8,11-14H,2,9-10,15-18H2,1H3;1H3,(H,3,4). The number of aliphatic carboxylic acids is 1. The Balaban J connectivity index is 0.000000705. The summed E-state index contributed by atoms with van der Waals surface area (Å²) in [4.78, 5) is 11.6. The molecule has 0 aliphatic rings. The molecule has 0 aliphatic carbocycles. The lowest BCUT2D eigenvalue weighted by atomic mass is 10.1. The molecular weight excluding hydrogens is 310 g/mol. The van der Waals surface area contributed by atoms with Gasteiger partial charge in [0, 0.05) is 6.92 Å². The summed E-state index contributed by atoms with van der Waals surface area (Å²) in [5.74, 6) is -0.833. The maximum absolute atomic E-state index is 9.00. The Labute approximate surface area is 152 Å². The monoisotopic (exact) mass is 341 g/mol. The minimum absolute atomic E-state index is 0.833. The van der Waals surface area contributed by atoms with Crippen LogP contribution in [0.15, 0.2) is 60.7 Å². The molecule has 3 nitrogen and oxygen atoms in total.